The van der Waals surface area contributed by atoms with Crippen LogP contribution in [0.1, 0.15) is 28.5 Å². The average Bonchev–Trinajstić information content (AvgIpc) is 2.97. The molecule has 0 saturated heterocycles. The largest absolute Gasteiger partial charge is 0.496 e. The maximum Gasteiger partial charge on any atom is 0.311 e. The summed E-state index contributed by atoms with van der Waals surface area (Å²) in [6.07, 6.45) is -0.816. The van der Waals surface area contributed by atoms with Gasteiger partial charge in [0.2, 0.25) is 5.78 Å². The van der Waals surface area contributed by atoms with Gasteiger partial charge in [-0.1, -0.05) is 36.4 Å². The number of esters is 1. The molecule has 0 aliphatic carbocycles. The van der Waals surface area contributed by atoms with Gasteiger partial charge in [-0.05, 0) is 26.0 Å². The van der Waals surface area contributed by atoms with Crippen LogP contribution >= 0.6 is 0 Å². The summed E-state index contributed by atoms with van der Waals surface area (Å²) in [6.45, 7) is 3.44. The Morgan fingerprint density at radius 3 is 2.54 bits per heavy atom. The van der Waals surface area contributed by atoms with Gasteiger partial charge in [0, 0.05) is 27.7 Å². The molecule has 1 atom stereocenters. The van der Waals surface area contributed by atoms with Gasteiger partial charge in [-0.3, -0.25) is 9.59 Å². The molecule has 0 radical (unpaired) electrons. The molecule has 0 amide bonds. The first-order valence-electron chi connectivity index (χ1n) is 8.44. The van der Waals surface area contributed by atoms with E-state index in [2.05, 4.69) is 4.98 Å². The Labute approximate surface area is 151 Å². The Morgan fingerprint density at radius 2 is 1.77 bits per heavy atom. The molecule has 2 aromatic carbocycles. The van der Waals surface area contributed by atoms with Crippen LogP contribution in [0.5, 0.6) is 5.75 Å². The number of hydrogen-bond acceptors (Lipinski definition) is 4. The highest BCUT2D eigenvalue weighted by Gasteiger charge is 2.24. The van der Waals surface area contributed by atoms with E-state index in [0.717, 1.165) is 22.2 Å². The standard InChI is InChI=1S/C21H21NO4/c1-13-20(16-9-5-6-10-17(16)22-13)21(24)14(2)26-19(23)12-15-8-4-7-11-18(15)25-3/h4-11,14,22H,12H2,1-3H3/t14-/m1/s1. The minimum Gasteiger partial charge on any atom is -0.496 e. The van der Waals surface area contributed by atoms with Gasteiger partial charge in [0.1, 0.15) is 5.75 Å². The fourth-order valence-electron chi connectivity index (χ4n) is 3.09. The number of nitrogens with one attached hydrogen (secondary N) is 1. The first-order valence-corrected chi connectivity index (χ1v) is 8.44. The Bertz CT molecular complexity index is 958. The Kier molecular flexibility index (Phi) is 5.07. The molecule has 0 aliphatic heterocycles. The molecule has 0 fully saturated rings. The molecule has 1 heterocycles. The second-order valence-corrected chi connectivity index (χ2v) is 6.16. The zero-order valence-corrected chi connectivity index (χ0v) is 15.0. The quantitative estimate of drug-likeness (QED) is 0.541. The molecular weight excluding hydrogens is 330 g/mol. The molecule has 3 rings (SSSR count). The Hall–Kier alpha value is -3.08. The van der Waals surface area contributed by atoms with Gasteiger partial charge < -0.3 is 14.5 Å². The molecule has 5 heteroatoms. The van der Waals surface area contributed by atoms with Crippen molar-refractivity contribution in [1.82, 2.24) is 4.98 Å². The molecule has 1 N–H and O–H groups in total. The number of methoxy groups -OCH3 is 1. The van der Waals surface area contributed by atoms with Crippen LogP contribution in [0, 0.1) is 6.92 Å². The number of carbonyl (C=O) groups is 2. The lowest BCUT2D eigenvalue weighted by Crippen LogP contribution is -2.25. The van der Waals surface area contributed by atoms with Crippen molar-refractivity contribution in [2.24, 2.45) is 0 Å². The van der Waals surface area contributed by atoms with Crippen LogP contribution in [-0.4, -0.2) is 30.0 Å². The lowest BCUT2D eigenvalue weighted by atomic mass is 10.0. The van der Waals surface area contributed by atoms with Crippen molar-refractivity contribution in [3.8, 4) is 5.75 Å². The summed E-state index contributed by atoms with van der Waals surface area (Å²) in [5.74, 6) is -0.0583. The van der Waals surface area contributed by atoms with Crippen LogP contribution in [0.15, 0.2) is 48.5 Å². The smallest absolute Gasteiger partial charge is 0.311 e. The van der Waals surface area contributed by atoms with Gasteiger partial charge in [-0.15, -0.1) is 0 Å². The highest BCUT2D eigenvalue weighted by Crippen LogP contribution is 2.24. The first-order chi connectivity index (χ1) is 12.5. The van der Waals surface area contributed by atoms with Crippen LogP contribution in [0.4, 0.5) is 0 Å². The number of ketones is 1. The third-order valence-corrected chi connectivity index (χ3v) is 4.34. The van der Waals surface area contributed by atoms with Crippen molar-refractivity contribution in [2.75, 3.05) is 7.11 Å². The number of para-hydroxylation sites is 2. The summed E-state index contributed by atoms with van der Waals surface area (Å²) in [4.78, 5) is 28.3. The molecule has 3 aromatic rings. The van der Waals surface area contributed by atoms with Crippen molar-refractivity contribution < 1.29 is 19.1 Å². The number of ether oxygens (including phenoxy) is 2. The summed E-state index contributed by atoms with van der Waals surface area (Å²) in [5, 5.41) is 0.836. The van der Waals surface area contributed by atoms with E-state index in [1.165, 1.54) is 0 Å². The number of hydrogen-bond donors (Lipinski definition) is 1. The molecular formula is C21H21NO4. The molecule has 1 aromatic heterocycles. The highest BCUT2D eigenvalue weighted by molar-refractivity contribution is 6.11. The zero-order valence-electron chi connectivity index (χ0n) is 15.0. The number of aromatic nitrogens is 1. The SMILES string of the molecule is COc1ccccc1CC(=O)O[C@H](C)C(=O)c1c(C)[nH]c2ccccc12. The van der Waals surface area contributed by atoms with Gasteiger partial charge in [-0.25, -0.2) is 0 Å². The molecule has 0 saturated carbocycles. The molecule has 5 nitrogen and oxygen atoms in total. The monoisotopic (exact) mass is 351 g/mol. The Balaban J connectivity index is 1.74. The molecule has 0 spiro atoms. The normalized spacial score (nSPS) is 12.0. The van der Waals surface area contributed by atoms with Gasteiger partial charge in [-0.2, -0.15) is 0 Å². The Morgan fingerprint density at radius 1 is 1.08 bits per heavy atom. The van der Waals surface area contributed by atoms with E-state index >= 15 is 0 Å². The summed E-state index contributed by atoms with van der Waals surface area (Å²) < 4.78 is 10.6. The number of fused-ring (bicyclic) bond motifs is 1. The van der Waals surface area contributed by atoms with Crippen LogP contribution in [-0.2, 0) is 16.0 Å². The summed E-state index contributed by atoms with van der Waals surface area (Å²) in [5.41, 5.74) is 2.95. The first kappa shape index (κ1) is 17.7. The second-order valence-electron chi connectivity index (χ2n) is 6.16. The van der Waals surface area contributed by atoms with Crippen molar-refractivity contribution in [3.63, 3.8) is 0 Å². The van der Waals surface area contributed by atoms with E-state index in [1.54, 1.807) is 26.2 Å². The van der Waals surface area contributed by atoms with E-state index in [0.29, 0.717) is 11.3 Å². The van der Waals surface area contributed by atoms with Gasteiger partial charge in [0.15, 0.2) is 6.10 Å². The number of benzene rings is 2. The van der Waals surface area contributed by atoms with E-state index < -0.39 is 12.1 Å². The summed E-state index contributed by atoms with van der Waals surface area (Å²) >= 11 is 0. The fourth-order valence-corrected chi connectivity index (χ4v) is 3.09. The summed E-state index contributed by atoms with van der Waals surface area (Å²) in [6, 6.07) is 14.8. The third kappa shape index (κ3) is 3.47. The maximum absolute atomic E-state index is 12.8. The lowest BCUT2D eigenvalue weighted by molar-refractivity contribution is -0.145. The average molecular weight is 351 g/mol. The third-order valence-electron chi connectivity index (χ3n) is 4.34. The van der Waals surface area contributed by atoms with Crippen LogP contribution in [0.3, 0.4) is 0 Å². The van der Waals surface area contributed by atoms with Crippen LogP contribution in [0.2, 0.25) is 0 Å². The van der Waals surface area contributed by atoms with Crippen molar-refractivity contribution in [2.45, 2.75) is 26.4 Å². The number of H-pyrrole nitrogens is 1. The molecule has 0 bridgehead atoms. The molecule has 0 unspecified atom stereocenters. The van der Waals surface area contributed by atoms with E-state index in [-0.39, 0.29) is 12.2 Å². The molecule has 26 heavy (non-hydrogen) atoms. The van der Waals surface area contributed by atoms with Gasteiger partial charge in [0.05, 0.1) is 13.5 Å². The number of rotatable bonds is 6. The second kappa shape index (κ2) is 7.44. The van der Waals surface area contributed by atoms with Gasteiger partial charge in [0.25, 0.3) is 0 Å². The fraction of sp³-hybridized carbons (Fsp3) is 0.238. The lowest BCUT2D eigenvalue weighted by Gasteiger charge is -2.13. The number of carbonyl (C=O) groups excluding carboxylic acids is 2. The maximum atomic E-state index is 12.8. The van der Waals surface area contributed by atoms with Crippen LogP contribution < -0.4 is 4.74 Å². The number of aromatic amines is 1. The van der Waals surface area contributed by atoms with E-state index in [9.17, 15) is 9.59 Å². The number of Topliss-reactive ketones (excluding diaryl/α,β-unsaturated/α-hetero) is 1. The predicted molar refractivity (Wildman–Crippen MR) is 99.6 cm³/mol. The van der Waals surface area contributed by atoms with Crippen molar-refractivity contribution >= 4 is 22.7 Å². The zero-order chi connectivity index (χ0) is 18.7. The van der Waals surface area contributed by atoms with E-state index in [4.69, 9.17) is 9.47 Å². The van der Waals surface area contributed by atoms with Gasteiger partial charge >= 0.3 is 5.97 Å². The minimum atomic E-state index is -0.866. The topological polar surface area (TPSA) is 68.4 Å². The summed E-state index contributed by atoms with van der Waals surface area (Å²) in [7, 11) is 1.55. The van der Waals surface area contributed by atoms with Crippen molar-refractivity contribution in [1.29, 1.82) is 0 Å². The van der Waals surface area contributed by atoms with E-state index in [1.807, 2.05) is 43.3 Å². The highest BCUT2D eigenvalue weighted by atomic mass is 16.5. The predicted octanol–water partition coefficient (Wildman–Crippen LogP) is 3.84. The van der Waals surface area contributed by atoms with Crippen molar-refractivity contribution in [3.05, 3.63) is 65.4 Å². The van der Waals surface area contributed by atoms with Crippen LogP contribution in [0.25, 0.3) is 10.9 Å². The minimum absolute atomic E-state index is 0.0501. The number of aryl methyl sites for hydroxylation is 1. The molecule has 134 valence electrons. The molecule has 0 aliphatic rings.